The van der Waals surface area contributed by atoms with E-state index in [2.05, 4.69) is 5.32 Å². The van der Waals surface area contributed by atoms with Crippen molar-refractivity contribution >= 4 is 0 Å². The molecule has 1 aliphatic rings. The van der Waals surface area contributed by atoms with Gasteiger partial charge in [-0.15, -0.1) is 0 Å². The van der Waals surface area contributed by atoms with Crippen molar-refractivity contribution in [3.8, 4) is 11.5 Å². The SMILES string of the molecule is COc1ccccc1OCCCNC1CC1. The number of hydrogen-bond donors (Lipinski definition) is 1. The van der Waals surface area contributed by atoms with Crippen LogP contribution in [0.3, 0.4) is 0 Å². The summed E-state index contributed by atoms with van der Waals surface area (Å²) < 4.78 is 10.9. The van der Waals surface area contributed by atoms with Gasteiger partial charge >= 0.3 is 0 Å². The molecule has 1 aliphatic carbocycles. The van der Waals surface area contributed by atoms with Crippen LogP contribution in [0.5, 0.6) is 11.5 Å². The fourth-order valence-corrected chi connectivity index (χ4v) is 1.59. The Hall–Kier alpha value is -1.22. The summed E-state index contributed by atoms with van der Waals surface area (Å²) in [6.07, 6.45) is 3.72. The predicted octanol–water partition coefficient (Wildman–Crippen LogP) is 2.22. The minimum Gasteiger partial charge on any atom is -0.493 e. The summed E-state index contributed by atoms with van der Waals surface area (Å²) in [5, 5.41) is 3.46. The minimum atomic E-state index is 0.736. The van der Waals surface area contributed by atoms with Crippen LogP contribution < -0.4 is 14.8 Å². The molecule has 16 heavy (non-hydrogen) atoms. The monoisotopic (exact) mass is 221 g/mol. The van der Waals surface area contributed by atoms with Crippen LogP contribution in [0, 0.1) is 0 Å². The van der Waals surface area contributed by atoms with Crippen LogP contribution >= 0.6 is 0 Å². The van der Waals surface area contributed by atoms with Gasteiger partial charge < -0.3 is 14.8 Å². The van der Waals surface area contributed by atoms with Crippen molar-refractivity contribution in [2.45, 2.75) is 25.3 Å². The van der Waals surface area contributed by atoms with Gasteiger partial charge in [-0.25, -0.2) is 0 Å². The molecule has 1 N–H and O–H groups in total. The third-order valence-corrected chi connectivity index (χ3v) is 2.66. The summed E-state index contributed by atoms with van der Waals surface area (Å²) in [6.45, 7) is 1.78. The third kappa shape index (κ3) is 3.42. The number of hydrogen-bond acceptors (Lipinski definition) is 3. The molecular formula is C13H19NO2. The Balaban J connectivity index is 1.67. The average Bonchev–Trinajstić information content (AvgIpc) is 3.13. The highest BCUT2D eigenvalue weighted by molar-refractivity contribution is 5.39. The zero-order chi connectivity index (χ0) is 11.2. The lowest BCUT2D eigenvalue weighted by molar-refractivity contribution is 0.287. The topological polar surface area (TPSA) is 30.5 Å². The van der Waals surface area contributed by atoms with E-state index >= 15 is 0 Å². The lowest BCUT2D eigenvalue weighted by Gasteiger charge is -2.10. The molecule has 1 aromatic carbocycles. The van der Waals surface area contributed by atoms with Gasteiger partial charge in [0.25, 0.3) is 0 Å². The van der Waals surface area contributed by atoms with E-state index in [1.807, 2.05) is 24.3 Å². The molecule has 1 saturated carbocycles. The lowest BCUT2D eigenvalue weighted by atomic mass is 10.3. The fraction of sp³-hybridized carbons (Fsp3) is 0.538. The summed E-state index contributed by atoms with van der Waals surface area (Å²) in [5.74, 6) is 1.63. The Morgan fingerprint density at radius 2 is 2.00 bits per heavy atom. The highest BCUT2D eigenvalue weighted by Gasteiger charge is 2.19. The molecule has 0 aliphatic heterocycles. The van der Waals surface area contributed by atoms with Crippen molar-refractivity contribution in [1.29, 1.82) is 0 Å². The van der Waals surface area contributed by atoms with E-state index in [0.717, 1.165) is 37.1 Å². The Morgan fingerprint density at radius 1 is 1.25 bits per heavy atom. The first kappa shape index (κ1) is 11.3. The first-order valence-corrected chi connectivity index (χ1v) is 5.89. The Labute approximate surface area is 96.8 Å². The van der Waals surface area contributed by atoms with Gasteiger partial charge in [0.05, 0.1) is 13.7 Å². The lowest BCUT2D eigenvalue weighted by Crippen LogP contribution is -2.19. The molecule has 1 fully saturated rings. The Morgan fingerprint density at radius 3 is 2.69 bits per heavy atom. The maximum absolute atomic E-state index is 5.67. The minimum absolute atomic E-state index is 0.736. The molecule has 0 atom stereocenters. The van der Waals surface area contributed by atoms with Crippen LogP contribution in [-0.4, -0.2) is 26.3 Å². The number of rotatable bonds is 7. The molecule has 0 aromatic heterocycles. The van der Waals surface area contributed by atoms with E-state index in [-0.39, 0.29) is 0 Å². The molecule has 3 heteroatoms. The molecule has 0 saturated heterocycles. The zero-order valence-corrected chi connectivity index (χ0v) is 9.74. The summed E-state index contributed by atoms with van der Waals surface area (Å²) >= 11 is 0. The first-order chi connectivity index (χ1) is 7.90. The summed E-state index contributed by atoms with van der Waals surface area (Å²) in [4.78, 5) is 0. The van der Waals surface area contributed by atoms with E-state index in [1.165, 1.54) is 12.8 Å². The van der Waals surface area contributed by atoms with Gasteiger partial charge in [0.2, 0.25) is 0 Å². The van der Waals surface area contributed by atoms with Crippen molar-refractivity contribution < 1.29 is 9.47 Å². The molecule has 0 spiro atoms. The molecular weight excluding hydrogens is 202 g/mol. The van der Waals surface area contributed by atoms with Gasteiger partial charge in [0.15, 0.2) is 11.5 Å². The fourth-order valence-electron chi connectivity index (χ4n) is 1.59. The van der Waals surface area contributed by atoms with E-state index in [0.29, 0.717) is 0 Å². The molecule has 2 rings (SSSR count). The highest BCUT2D eigenvalue weighted by Crippen LogP contribution is 2.25. The number of methoxy groups -OCH3 is 1. The van der Waals surface area contributed by atoms with E-state index in [1.54, 1.807) is 7.11 Å². The van der Waals surface area contributed by atoms with Crippen molar-refractivity contribution in [3.63, 3.8) is 0 Å². The Kier molecular flexibility index (Phi) is 4.05. The van der Waals surface area contributed by atoms with Crippen LogP contribution in [0.25, 0.3) is 0 Å². The molecule has 0 radical (unpaired) electrons. The zero-order valence-electron chi connectivity index (χ0n) is 9.74. The van der Waals surface area contributed by atoms with Gasteiger partial charge in [-0.05, 0) is 37.9 Å². The maximum Gasteiger partial charge on any atom is 0.161 e. The number of para-hydroxylation sites is 2. The second kappa shape index (κ2) is 5.75. The van der Waals surface area contributed by atoms with Crippen molar-refractivity contribution in [3.05, 3.63) is 24.3 Å². The van der Waals surface area contributed by atoms with Crippen LogP contribution in [0.1, 0.15) is 19.3 Å². The molecule has 0 heterocycles. The van der Waals surface area contributed by atoms with Gasteiger partial charge in [-0.1, -0.05) is 12.1 Å². The second-order valence-electron chi connectivity index (χ2n) is 4.08. The first-order valence-electron chi connectivity index (χ1n) is 5.89. The van der Waals surface area contributed by atoms with E-state index < -0.39 is 0 Å². The van der Waals surface area contributed by atoms with Gasteiger partial charge in [0, 0.05) is 6.04 Å². The number of benzene rings is 1. The maximum atomic E-state index is 5.67. The Bertz CT molecular complexity index is 323. The van der Waals surface area contributed by atoms with Crippen molar-refractivity contribution in [2.24, 2.45) is 0 Å². The smallest absolute Gasteiger partial charge is 0.161 e. The molecule has 88 valence electrons. The van der Waals surface area contributed by atoms with Crippen LogP contribution in [0.15, 0.2) is 24.3 Å². The van der Waals surface area contributed by atoms with Crippen LogP contribution in [-0.2, 0) is 0 Å². The predicted molar refractivity (Wildman–Crippen MR) is 64.1 cm³/mol. The van der Waals surface area contributed by atoms with Crippen molar-refractivity contribution in [1.82, 2.24) is 5.32 Å². The molecule has 0 unspecified atom stereocenters. The van der Waals surface area contributed by atoms with E-state index in [9.17, 15) is 0 Å². The quantitative estimate of drug-likeness (QED) is 0.716. The molecule has 0 bridgehead atoms. The number of nitrogens with one attached hydrogen (secondary N) is 1. The molecule has 3 nitrogen and oxygen atoms in total. The van der Waals surface area contributed by atoms with Gasteiger partial charge in [0.1, 0.15) is 0 Å². The molecule has 1 aromatic rings. The third-order valence-electron chi connectivity index (χ3n) is 2.66. The van der Waals surface area contributed by atoms with Crippen LogP contribution in [0.2, 0.25) is 0 Å². The van der Waals surface area contributed by atoms with Crippen molar-refractivity contribution in [2.75, 3.05) is 20.3 Å². The standard InChI is InChI=1S/C13H19NO2/c1-15-12-5-2-3-6-13(12)16-10-4-9-14-11-7-8-11/h2-3,5-6,11,14H,4,7-10H2,1H3. The second-order valence-corrected chi connectivity index (χ2v) is 4.08. The average molecular weight is 221 g/mol. The van der Waals surface area contributed by atoms with Gasteiger partial charge in [-0.2, -0.15) is 0 Å². The van der Waals surface area contributed by atoms with Crippen LogP contribution in [0.4, 0.5) is 0 Å². The summed E-state index contributed by atoms with van der Waals surface area (Å²) in [6, 6.07) is 8.54. The number of ether oxygens (including phenoxy) is 2. The normalized spacial score (nSPS) is 14.8. The highest BCUT2D eigenvalue weighted by atomic mass is 16.5. The van der Waals surface area contributed by atoms with Gasteiger partial charge in [-0.3, -0.25) is 0 Å². The largest absolute Gasteiger partial charge is 0.493 e. The van der Waals surface area contributed by atoms with E-state index in [4.69, 9.17) is 9.47 Å². The molecule has 0 amide bonds. The summed E-state index contributed by atoms with van der Waals surface area (Å²) in [5.41, 5.74) is 0. The summed E-state index contributed by atoms with van der Waals surface area (Å²) in [7, 11) is 1.66.